The normalized spacial score (nSPS) is 11.0. The Morgan fingerprint density at radius 3 is 1.22 bits per heavy atom. The first-order valence-corrected chi connectivity index (χ1v) is 6.32. The van der Waals surface area contributed by atoms with E-state index in [-0.39, 0.29) is 0 Å². The topological polar surface area (TPSA) is 20.2 Å². The predicted octanol–water partition coefficient (Wildman–Crippen LogP) is 4.00. The Morgan fingerprint density at radius 1 is 0.667 bits per heavy atom. The molecule has 0 aromatic heterocycles. The second kappa shape index (κ2) is 4.95. The second-order valence-corrected chi connectivity index (χ2v) is 5.01. The summed E-state index contributed by atoms with van der Waals surface area (Å²) >= 11 is 0. The first-order chi connectivity index (χ1) is 8.52. The highest BCUT2D eigenvalue weighted by atomic mass is 16.3. The van der Waals surface area contributed by atoms with Crippen LogP contribution in [0.2, 0.25) is 0 Å². The molecule has 0 atom stereocenters. The maximum Gasteiger partial charge on any atom is 0.105 e. The maximum absolute atomic E-state index is 10.7. The van der Waals surface area contributed by atoms with Crippen molar-refractivity contribution in [1.29, 1.82) is 0 Å². The van der Waals surface area contributed by atoms with Crippen LogP contribution in [0.4, 0.5) is 0 Å². The van der Waals surface area contributed by atoms with Crippen molar-refractivity contribution < 1.29 is 5.11 Å². The highest BCUT2D eigenvalue weighted by Crippen LogP contribution is 2.31. The van der Waals surface area contributed by atoms with E-state index in [1.807, 2.05) is 12.1 Å². The van der Waals surface area contributed by atoms with Crippen molar-refractivity contribution in [3.63, 3.8) is 0 Å². The molecule has 2 aromatic carbocycles. The van der Waals surface area contributed by atoms with Gasteiger partial charge in [-0.1, -0.05) is 36.4 Å². The summed E-state index contributed by atoms with van der Waals surface area (Å²) in [4.78, 5) is 0. The van der Waals surface area contributed by atoms with Gasteiger partial charge in [-0.15, -0.1) is 0 Å². The molecule has 2 rings (SSSR count). The van der Waals surface area contributed by atoms with E-state index in [1.54, 1.807) is 0 Å². The maximum atomic E-state index is 10.7. The van der Waals surface area contributed by atoms with Gasteiger partial charge in [0.2, 0.25) is 0 Å². The zero-order valence-electron chi connectivity index (χ0n) is 11.5. The van der Waals surface area contributed by atoms with Crippen molar-refractivity contribution in [2.24, 2.45) is 0 Å². The van der Waals surface area contributed by atoms with E-state index in [0.29, 0.717) is 0 Å². The van der Waals surface area contributed by atoms with Crippen LogP contribution in [0.5, 0.6) is 0 Å². The van der Waals surface area contributed by atoms with Crippen LogP contribution < -0.4 is 0 Å². The summed E-state index contributed by atoms with van der Waals surface area (Å²) in [5.41, 5.74) is 6.65. The van der Waals surface area contributed by atoms with Crippen LogP contribution in [0, 0.1) is 27.7 Å². The third-order valence-electron chi connectivity index (χ3n) is 3.63. The quantitative estimate of drug-likeness (QED) is 0.841. The molecule has 94 valence electrons. The zero-order valence-corrected chi connectivity index (χ0v) is 11.5. The number of aliphatic hydroxyl groups excluding tert-OH is 1. The molecule has 2 aromatic rings. The van der Waals surface area contributed by atoms with Crippen LogP contribution in [0.3, 0.4) is 0 Å². The standard InChI is InChI=1S/C17H20O/c1-11-7-5-8-12(2)15(11)17(18)16-13(3)9-6-10-14(16)4/h5-10,17-18H,1-4H3. The Hall–Kier alpha value is -1.60. The summed E-state index contributed by atoms with van der Waals surface area (Å²) in [6.07, 6.45) is -0.535. The molecule has 0 aliphatic heterocycles. The van der Waals surface area contributed by atoms with Gasteiger partial charge in [0.15, 0.2) is 0 Å². The number of aliphatic hydroxyl groups is 1. The lowest BCUT2D eigenvalue weighted by Gasteiger charge is -2.20. The van der Waals surface area contributed by atoms with Crippen molar-refractivity contribution >= 4 is 0 Å². The van der Waals surface area contributed by atoms with E-state index in [1.165, 1.54) is 0 Å². The molecule has 0 spiro atoms. The lowest BCUT2D eigenvalue weighted by atomic mass is 9.89. The molecule has 1 heteroatoms. The molecule has 0 amide bonds. The van der Waals surface area contributed by atoms with Crippen molar-refractivity contribution in [2.45, 2.75) is 33.8 Å². The van der Waals surface area contributed by atoms with Gasteiger partial charge in [0.25, 0.3) is 0 Å². The predicted molar refractivity (Wildman–Crippen MR) is 75.9 cm³/mol. The molecule has 18 heavy (non-hydrogen) atoms. The van der Waals surface area contributed by atoms with Gasteiger partial charge >= 0.3 is 0 Å². The smallest absolute Gasteiger partial charge is 0.105 e. The fourth-order valence-corrected chi connectivity index (χ4v) is 2.66. The van der Waals surface area contributed by atoms with Crippen LogP contribution in [-0.2, 0) is 0 Å². The zero-order chi connectivity index (χ0) is 13.3. The van der Waals surface area contributed by atoms with Gasteiger partial charge in [0, 0.05) is 0 Å². The third-order valence-corrected chi connectivity index (χ3v) is 3.63. The lowest BCUT2D eigenvalue weighted by molar-refractivity contribution is 0.217. The molecule has 0 fully saturated rings. The van der Waals surface area contributed by atoms with E-state index in [0.717, 1.165) is 33.4 Å². The monoisotopic (exact) mass is 240 g/mol. The van der Waals surface area contributed by atoms with Gasteiger partial charge < -0.3 is 5.11 Å². The first kappa shape index (κ1) is 12.8. The van der Waals surface area contributed by atoms with Crippen molar-refractivity contribution in [3.05, 3.63) is 69.8 Å². The number of benzene rings is 2. The van der Waals surface area contributed by atoms with Crippen LogP contribution in [0.25, 0.3) is 0 Å². The SMILES string of the molecule is Cc1cccc(C)c1C(O)c1c(C)cccc1C. The molecule has 0 aliphatic rings. The van der Waals surface area contributed by atoms with Crippen LogP contribution in [-0.4, -0.2) is 5.11 Å². The summed E-state index contributed by atoms with van der Waals surface area (Å²) in [5.74, 6) is 0. The van der Waals surface area contributed by atoms with Gasteiger partial charge in [-0.25, -0.2) is 0 Å². The lowest BCUT2D eigenvalue weighted by Crippen LogP contribution is -2.08. The fraction of sp³-hybridized carbons (Fsp3) is 0.294. The average Bonchev–Trinajstić information content (AvgIpc) is 2.28. The third kappa shape index (κ3) is 2.19. The minimum Gasteiger partial charge on any atom is -0.384 e. The summed E-state index contributed by atoms with van der Waals surface area (Å²) in [6, 6.07) is 12.3. The fourth-order valence-electron chi connectivity index (χ4n) is 2.66. The molecule has 0 aliphatic carbocycles. The van der Waals surface area contributed by atoms with Gasteiger partial charge in [-0.05, 0) is 61.1 Å². The Bertz CT molecular complexity index is 478. The molecule has 1 N–H and O–H groups in total. The minimum absolute atomic E-state index is 0.535. The van der Waals surface area contributed by atoms with Crippen LogP contribution in [0.1, 0.15) is 39.5 Å². The Kier molecular flexibility index (Phi) is 3.53. The molecular weight excluding hydrogens is 220 g/mol. The van der Waals surface area contributed by atoms with Crippen molar-refractivity contribution in [1.82, 2.24) is 0 Å². The first-order valence-electron chi connectivity index (χ1n) is 6.32. The molecule has 0 bridgehead atoms. The molecule has 0 heterocycles. The molecule has 0 radical (unpaired) electrons. The summed E-state index contributed by atoms with van der Waals surface area (Å²) < 4.78 is 0. The van der Waals surface area contributed by atoms with Crippen molar-refractivity contribution in [2.75, 3.05) is 0 Å². The highest BCUT2D eigenvalue weighted by molar-refractivity contribution is 5.45. The van der Waals surface area contributed by atoms with E-state index in [4.69, 9.17) is 0 Å². The number of aryl methyl sites for hydroxylation is 4. The molecule has 0 saturated heterocycles. The van der Waals surface area contributed by atoms with Crippen LogP contribution in [0.15, 0.2) is 36.4 Å². The highest BCUT2D eigenvalue weighted by Gasteiger charge is 2.18. The van der Waals surface area contributed by atoms with E-state index < -0.39 is 6.10 Å². The van der Waals surface area contributed by atoms with Crippen molar-refractivity contribution in [3.8, 4) is 0 Å². The Morgan fingerprint density at radius 2 is 0.944 bits per heavy atom. The Labute approximate surface area is 109 Å². The summed E-state index contributed by atoms with van der Waals surface area (Å²) in [6.45, 7) is 8.22. The molecule has 0 unspecified atom stereocenters. The summed E-state index contributed by atoms with van der Waals surface area (Å²) in [7, 11) is 0. The van der Waals surface area contributed by atoms with E-state index in [9.17, 15) is 5.11 Å². The summed E-state index contributed by atoms with van der Waals surface area (Å²) in [5, 5.41) is 10.7. The van der Waals surface area contributed by atoms with Gasteiger partial charge in [0.1, 0.15) is 6.10 Å². The van der Waals surface area contributed by atoms with E-state index in [2.05, 4.69) is 52.0 Å². The largest absolute Gasteiger partial charge is 0.384 e. The van der Waals surface area contributed by atoms with Gasteiger partial charge in [0.05, 0.1) is 0 Å². The number of hydrogen-bond acceptors (Lipinski definition) is 1. The molecular formula is C17H20O. The second-order valence-electron chi connectivity index (χ2n) is 5.01. The van der Waals surface area contributed by atoms with Crippen LogP contribution >= 0.6 is 0 Å². The Balaban J connectivity index is 2.58. The molecule has 1 nitrogen and oxygen atoms in total. The van der Waals surface area contributed by atoms with E-state index >= 15 is 0 Å². The number of rotatable bonds is 2. The minimum atomic E-state index is -0.535. The number of hydrogen-bond donors (Lipinski definition) is 1. The average molecular weight is 240 g/mol. The van der Waals surface area contributed by atoms with Gasteiger partial charge in [-0.3, -0.25) is 0 Å². The molecule has 0 saturated carbocycles. The van der Waals surface area contributed by atoms with Gasteiger partial charge in [-0.2, -0.15) is 0 Å².